The molecule has 1 N–H and O–H groups in total. The van der Waals surface area contributed by atoms with E-state index in [0.29, 0.717) is 5.54 Å². The van der Waals surface area contributed by atoms with E-state index < -0.39 is 0 Å². The van der Waals surface area contributed by atoms with E-state index in [9.17, 15) is 0 Å². The first kappa shape index (κ1) is 14.8. The van der Waals surface area contributed by atoms with Gasteiger partial charge in [0.15, 0.2) is 0 Å². The van der Waals surface area contributed by atoms with Crippen molar-refractivity contribution in [2.75, 3.05) is 39.8 Å². The molecule has 3 fully saturated rings. The maximum absolute atomic E-state index is 3.90. The van der Waals surface area contributed by atoms with E-state index in [1.54, 1.807) is 0 Å². The first-order valence-electron chi connectivity index (χ1n) is 8.65. The standard InChI is InChI=1S/C17H33N3/c1-13(2)16-9-18-17(3,15-5-6-15)12-20(16)11-14-7-8-19(4)10-14/h13-16,18H,5-12H2,1-4H3. The van der Waals surface area contributed by atoms with Gasteiger partial charge >= 0.3 is 0 Å². The Kier molecular flexibility index (Phi) is 4.13. The Morgan fingerprint density at radius 3 is 2.55 bits per heavy atom. The number of likely N-dealkylation sites (tertiary alicyclic amines) is 1. The van der Waals surface area contributed by atoms with Crippen molar-refractivity contribution in [1.29, 1.82) is 0 Å². The maximum Gasteiger partial charge on any atom is 0.0309 e. The van der Waals surface area contributed by atoms with E-state index in [0.717, 1.165) is 23.8 Å². The summed E-state index contributed by atoms with van der Waals surface area (Å²) in [7, 11) is 2.27. The number of nitrogens with zero attached hydrogens (tertiary/aromatic N) is 2. The molecule has 3 aliphatic rings. The van der Waals surface area contributed by atoms with Crippen molar-refractivity contribution in [3.05, 3.63) is 0 Å². The zero-order chi connectivity index (χ0) is 14.3. The summed E-state index contributed by atoms with van der Waals surface area (Å²) in [6, 6.07) is 0.729. The third-order valence-corrected chi connectivity index (χ3v) is 5.95. The summed E-state index contributed by atoms with van der Waals surface area (Å²) in [5, 5.41) is 3.90. The highest BCUT2D eigenvalue weighted by Crippen LogP contribution is 2.42. The number of nitrogens with one attached hydrogen (secondary N) is 1. The third kappa shape index (κ3) is 3.05. The van der Waals surface area contributed by atoms with Crippen molar-refractivity contribution in [3.63, 3.8) is 0 Å². The van der Waals surface area contributed by atoms with Crippen molar-refractivity contribution in [2.24, 2.45) is 17.8 Å². The van der Waals surface area contributed by atoms with E-state index in [1.165, 1.54) is 52.0 Å². The molecule has 1 saturated carbocycles. The highest BCUT2D eigenvalue weighted by molar-refractivity contribution is 5.04. The molecule has 116 valence electrons. The van der Waals surface area contributed by atoms with E-state index >= 15 is 0 Å². The minimum absolute atomic E-state index is 0.385. The normalized spacial score (nSPS) is 40.6. The second-order valence-electron chi connectivity index (χ2n) is 8.23. The Labute approximate surface area is 125 Å². The van der Waals surface area contributed by atoms with Crippen LogP contribution in [-0.2, 0) is 0 Å². The van der Waals surface area contributed by atoms with Crippen LogP contribution in [0.5, 0.6) is 0 Å². The monoisotopic (exact) mass is 279 g/mol. The summed E-state index contributed by atoms with van der Waals surface area (Å²) in [6.07, 6.45) is 4.27. The van der Waals surface area contributed by atoms with Gasteiger partial charge in [-0.1, -0.05) is 13.8 Å². The van der Waals surface area contributed by atoms with E-state index in [1.807, 2.05) is 0 Å². The number of piperazine rings is 1. The minimum Gasteiger partial charge on any atom is -0.308 e. The van der Waals surface area contributed by atoms with Gasteiger partial charge in [0.1, 0.15) is 0 Å². The Morgan fingerprint density at radius 1 is 1.25 bits per heavy atom. The van der Waals surface area contributed by atoms with E-state index in [4.69, 9.17) is 0 Å². The van der Waals surface area contributed by atoms with E-state index in [-0.39, 0.29) is 0 Å². The molecule has 0 bridgehead atoms. The lowest BCUT2D eigenvalue weighted by atomic mass is 9.87. The molecule has 3 heteroatoms. The number of hydrogen-bond acceptors (Lipinski definition) is 3. The molecule has 0 amide bonds. The largest absolute Gasteiger partial charge is 0.308 e. The van der Waals surface area contributed by atoms with Crippen LogP contribution in [0.25, 0.3) is 0 Å². The molecule has 1 aliphatic carbocycles. The third-order valence-electron chi connectivity index (χ3n) is 5.95. The van der Waals surface area contributed by atoms with Crippen molar-refractivity contribution in [2.45, 2.75) is 51.6 Å². The molecule has 0 aromatic rings. The predicted molar refractivity (Wildman–Crippen MR) is 84.9 cm³/mol. The van der Waals surface area contributed by atoms with Gasteiger partial charge in [0.05, 0.1) is 0 Å². The predicted octanol–water partition coefficient (Wildman–Crippen LogP) is 2.04. The fourth-order valence-electron chi connectivity index (χ4n) is 4.42. The lowest BCUT2D eigenvalue weighted by Crippen LogP contribution is -2.65. The first-order valence-corrected chi connectivity index (χ1v) is 8.65. The van der Waals surface area contributed by atoms with Crippen molar-refractivity contribution in [1.82, 2.24) is 15.1 Å². The minimum atomic E-state index is 0.385. The van der Waals surface area contributed by atoms with Crippen LogP contribution in [0.1, 0.15) is 40.0 Å². The van der Waals surface area contributed by atoms with Crippen LogP contribution in [0.4, 0.5) is 0 Å². The molecular weight excluding hydrogens is 246 g/mol. The topological polar surface area (TPSA) is 18.5 Å². The summed E-state index contributed by atoms with van der Waals surface area (Å²) in [5.74, 6) is 2.58. The van der Waals surface area contributed by atoms with Gasteiger partial charge in [-0.2, -0.15) is 0 Å². The quantitative estimate of drug-likeness (QED) is 0.849. The second kappa shape index (κ2) is 5.58. The Bertz CT molecular complexity index is 339. The molecule has 20 heavy (non-hydrogen) atoms. The van der Waals surface area contributed by atoms with Gasteiger partial charge in [-0.3, -0.25) is 4.90 Å². The van der Waals surface area contributed by atoms with Gasteiger partial charge in [-0.25, -0.2) is 0 Å². The molecule has 3 unspecified atom stereocenters. The SMILES string of the molecule is CC(C)C1CNC(C)(C2CC2)CN1CC1CCN(C)C1. The van der Waals surface area contributed by atoms with Crippen LogP contribution in [0.15, 0.2) is 0 Å². The zero-order valence-electron chi connectivity index (χ0n) is 13.9. The van der Waals surface area contributed by atoms with Crippen LogP contribution in [0, 0.1) is 17.8 Å². The van der Waals surface area contributed by atoms with Crippen LogP contribution >= 0.6 is 0 Å². The van der Waals surface area contributed by atoms with Gasteiger partial charge < -0.3 is 10.2 Å². The fourth-order valence-corrected chi connectivity index (χ4v) is 4.42. The van der Waals surface area contributed by atoms with Crippen LogP contribution in [0.2, 0.25) is 0 Å². The highest BCUT2D eigenvalue weighted by atomic mass is 15.3. The van der Waals surface area contributed by atoms with Crippen LogP contribution in [0.3, 0.4) is 0 Å². The molecule has 3 rings (SSSR count). The van der Waals surface area contributed by atoms with Gasteiger partial charge in [-0.15, -0.1) is 0 Å². The first-order chi connectivity index (χ1) is 9.48. The molecule has 0 spiro atoms. The zero-order valence-corrected chi connectivity index (χ0v) is 13.9. The van der Waals surface area contributed by atoms with Crippen LogP contribution < -0.4 is 5.32 Å². The van der Waals surface area contributed by atoms with Crippen molar-refractivity contribution < 1.29 is 0 Å². The van der Waals surface area contributed by atoms with Gasteiger partial charge in [0.2, 0.25) is 0 Å². The lowest BCUT2D eigenvalue weighted by molar-refractivity contribution is 0.0411. The van der Waals surface area contributed by atoms with Gasteiger partial charge in [0.25, 0.3) is 0 Å². The van der Waals surface area contributed by atoms with Gasteiger partial charge in [-0.05, 0) is 57.5 Å². The smallest absolute Gasteiger partial charge is 0.0309 e. The molecule has 3 atom stereocenters. The molecule has 2 heterocycles. The number of rotatable bonds is 4. The molecule has 0 aromatic carbocycles. The Balaban J connectivity index is 1.65. The molecule has 2 aliphatic heterocycles. The average molecular weight is 279 g/mol. The van der Waals surface area contributed by atoms with Gasteiger partial charge in [0, 0.05) is 37.8 Å². The van der Waals surface area contributed by atoms with E-state index in [2.05, 4.69) is 42.9 Å². The summed E-state index contributed by atoms with van der Waals surface area (Å²) >= 11 is 0. The fraction of sp³-hybridized carbons (Fsp3) is 1.00. The van der Waals surface area contributed by atoms with Crippen LogP contribution in [-0.4, -0.2) is 61.2 Å². The summed E-state index contributed by atoms with van der Waals surface area (Å²) in [4.78, 5) is 5.33. The molecule has 2 saturated heterocycles. The molecular formula is C17H33N3. The summed E-state index contributed by atoms with van der Waals surface area (Å²) in [5.41, 5.74) is 0.385. The van der Waals surface area contributed by atoms with Crippen molar-refractivity contribution in [3.8, 4) is 0 Å². The Hall–Kier alpha value is -0.120. The average Bonchev–Trinajstić information content (AvgIpc) is 3.15. The number of hydrogen-bond donors (Lipinski definition) is 1. The lowest BCUT2D eigenvalue weighted by Gasteiger charge is -2.49. The molecule has 0 aromatic heterocycles. The maximum atomic E-state index is 3.90. The molecule has 3 nitrogen and oxygen atoms in total. The second-order valence-corrected chi connectivity index (χ2v) is 8.23. The highest BCUT2D eigenvalue weighted by Gasteiger charge is 2.46. The molecule has 0 radical (unpaired) electrons. The summed E-state index contributed by atoms with van der Waals surface area (Å²) < 4.78 is 0. The Morgan fingerprint density at radius 2 is 2.00 bits per heavy atom. The summed E-state index contributed by atoms with van der Waals surface area (Å²) in [6.45, 7) is 13.6. The van der Waals surface area contributed by atoms with Crippen molar-refractivity contribution >= 4 is 0 Å².